The van der Waals surface area contributed by atoms with Crippen LogP contribution in [0.5, 0.6) is 0 Å². The van der Waals surface area contributed by atoms with Crippen LogP contribution in [0.15, 0.2) is 48.5 Å². The van der Waals surface area contributed by atoms with Gasteiger partial charge in [0.2, 0.25) is 0 Å². The van der Waals surface area contributed by atoms with Crippen molar-refractivity contribution in [3.8, 4) is 0 Å². The molecule has 0 aromatic heterocycles. The van der Waals surface area contributed by atoms with E-state index in [1.807, 2.05) is 0 Å². The van der Waals surface area contributed by atoms with Gasteiger partial charge in [-0.1, -0.05) is 29.8 Å². The molecule has 5 heteroatoms. The van der Waals surface area contributed by atoms with E-state index in [-0.39, 0.29) is 17.4 Å². The summed E-state index contributed by atoms with van der Waals surface area (Å²) in [5.74, 6) is -0.364. The third-order valence-electron chi connectivity index (χ3n) is 4.76. The molecule has 26 heavy (non-hydrogen) atoms. The van der Waals surface area contributed by atoms with Crippen molar-refractivity contribution in [2.75, 3.05) is 18.5 Å². The molecule has 0 radical (unpaired) electrons. The lowest BCUT2D eigenvalue weighted by Crippen LogP contribution is -2.35. The van der Waals surface area contributed by atoms with Gasteiger partial charge in [0.1, 0.15) is 0 Å². The topological polar surface area (TPSA) is 67.4 Å². The first-order valence-corrected chi connectivity index (χ1v) is 8.92. The van der Waals surface area contributed by atoms with Gasteiger partial charge in [-0.05, 0) is 56.5 Å². The molecule has 1 aliphatic carbocycles. The van der Waals surface area contributed by atoms with Crippen LogP contribution in [-0.4, -0.2) is 25.2 Å². The first kappa shape index (κ1) is 18.0. The molecule has 2 aromatic rings. The number of aryl methyl sites for hydroxylation is 1. The smallest absolute Gasteiger partial charge is 0.338 e. The Balaban J connectivity index is 1.53. The standard InChI is InChI=1S/C21H24N2O3/c1-3-26-19(24)16-6-10-18(11-7-16)23-20(25)22-14-21(12-13-21)17-8-4-15(2)5-9-17/h4-11H,3,12-14H2,1-2H3,(H2,22,23,25). The molecule has 2 amide bonds. The summed E-state index contributed by atoms with van der Waals surface area (Å²) in [6.45, 7) is 4.79. The molecule has 136 valence electrons. The Morgan fingerprint density at radius 3 is 2.27 bits per heavy atom. The third-order valence-corrected chi connectivity index (χ3v) is 4.76. The number of esters is 1. The fraction of sp³-hybridized carbons (Fsp3) is 0.333. The van der Waals surface area contributed by atoms with E-state index in [4.69, 9.17) is 4.74 Å². The van der Waals surface area contributed by atoms with Crippen molar-refractivity contribution in [1.29, 1.82) is 0 Å². The number of hydrogen-bond acceptors (Lipinski definition) is 3. The highest BCUT2D eigenvalue weighted by molar-refractivity contribution is 5.92. The Hall–Kier alpha value is -2.82. The molecule has 0 bridgehead atoms. The summed E-state index contributed by atoms with van der Waals surface area (Å²) >= 11 is 0. The van der Waals surface area contributed by atoms with Crippen LogP contribution in [0.3, 0.4) is 0 Å². The van der Waals surface area contributed by atoms with Gasteiger partial charge in [0.15, 0.2) is 0 Å². The number of benzene rings is 2. The van der Waals surface area contributed by atoms with Gasteiger partial charge in [-0.25, -0.2) is 9.59 Å². The summed E-state index contributed by atoms with van der Waals surface area (Å²) in [5.41, 5.74) is 3.69. The number of anilines is 1. The highest BCUT2D eigenvalue weighted by atomic mass is 16.5. The number of hydrogen-bond donors (Lipinski definition) is 2. The maximum Gasteiger partial charge on any atom is 0.338 e. The molecule has 0 spiro atoms. The van der Waals surface area contributed by atoms with Gasteiger partial charge >= 0.3 is 12.0 Å². The highest BCUT2D eigenvalue weighted by Crippen LogP contribution is 2.47. The fourth-order valence-corrected chi connectivity index (χ4v) is 2.95. The molecule has 0 saturated heterocycles. The zero-order valence-electron chi connectivity index (χ0n) is 15.2. The van der Waals surface area contributed by atoms with E-state index in [0.717, 1.165) is 12.8 Å². The first-order chi connectivity index (χ1) is 12.5. The number of rotatable bonds is 6. The molecule has 5 nitrogen and oxygen atoms in total. The van der Waals surface area contributed by atoms with Crippen LogP contribution in [0.1, 0.15) is 41.3 Å². The quantitative estimate of drug-likeness (QED) is 0.772. The van der Waals surface area contributed by atoms with Crippen molar-refractivity contribution in [3.05, 3.63) is 65.2 Å². The molecular weight excluding hydrogens is 328 g/mol. The minimum absolute atomic E-state index is 0.0683. The van der Waals surface area contributed by atoms with Crippen molar-refractivity contribution >= 4 is 17.7 Å². The molecule has 0 aliphatic heterocycles. The number of carbonyl (C=O) groups is 2. The van der Waals surface area contributed by atoms with Gasteiger partial charge in [0.25, 0.3) is 0 Å². The average molecular weight is 352 g/mol. The summed E-state index contributed by atoms with van der Waals surface area (Å²) < 4.78 is 4.94. The average Bonchev–Trinajstić information content (AvgIpc) is 3.43. The summed E-state index contributed by atoms with van der Waals surface area (Å²) in [5, 5.41) is 5.76. The van der Waals surface area contributed by atoms with E-state index in [0.29, 0.717) is 24.4 Å². The van der Waals surface area contributed by atoms with Crippen molar-refractivity contribution < 1.29 is 14.3 Å². The van der Waals surface area contributed by atoms with Crippen molar-refractivity contribution in [1.82, 2.24) is 5.32 Å². The third kappa shape index (κ3) is 4.23. The lowest BCUT2D eigenvalue weighted by molar-refractivity contribution is 0.0526. The highest BCUT2D eigenvalue weighted by Gasteiger charge is 2.44. The van der Waals surface area contributed by atoms with Crippen LogP contribution < -0.4 is 10.6 Å². The van der Waals surface area contributed by atoms with E-state index < -0.39 is 0 Å². The molecule has 1 aliphatic rings. The summed E-state index contributed by atoms with van der Waals surface area (Å²) in [7, 11) is 0. The molecule has 0 unspecified atom stereocenters. The van der Waals surface area contributed by atoms with Gasteiger partial charge in [0, 0.05) is 17.6 Å². The number of nitrogens with one attached hydrogen (secondary N) is 2. The SMILES string of the molecule is CCOC(=O)c1ccc(NC(=O)NCC2(c3ccc(C)cc3)CC2)cc1. The molecule has 0 atom stereocenters. The Morgan fingerprint density at radius 1 is 1.04 bits per heavy atom. The van der Waals surface area contributed by atoms with E-state index in [2.05, 4.69) is 41.8 Å². The van der Waals surface area contributed by atoms with E-state index in [1.54, 1.807) is 31.2 Å². The lowest BCUT2D eigenvalue weighted by atomic mass is 9.95. The van der Waals surface area contributed by atoms with Crippen LogP contribution >= 0.6 is 0 Å². The van der Waals surface area contributed by atoms with Crippen LogP contribution in [0.4, 0.5) is 10.5 Å². The van der Waals surface area contributed by atoms with Gasteiger partial charge in [-0.3, -0.25) is 0 Å². The molecule has 1 fully saturated rings. The Kier molecular flexibility index (Phi) is 5.26. The number of amides is 2. The summed E-state index contributed by atoms with van der Waals surface area (Å²) in [6, 6.07) is 14.9. The maximum atomic E-state index is 12.2. The zero-order valence-corrected chi connectivity index (χ0v) is 15.2. The minimum Gasteiger partial charge on any atom is -0.462 e. The second-order valence-electron chi connectivity index (χ2n) is 6.75. The summed E-state index contributed by atoms with van der Waals surface area (Å²) in [6.07, 6.45) is 2.18. The van der Waals surface area contributed by atoms with Crippen LogP contribution in [-0.2, 0) is 10.2 Å². The largest absolute Gasteiger partial charge is 0.462 e. The van der Waals surface area contributed by atoms with E-state index in [1.165, 1.54) is 11.1 Å². The van der Waals surface area contributed by atoms with Crippen molar-refractivity contribution in [2.24, 2.45) is 0 Å². The predicted octanol–water partition coefficient (Wildman–Crippen LogP) is 4.03. The molecular formula is C21H24N2O3. The summed E-state index contributed by atoms with van der Waals surface area (Å²) in [4.78, 5) is 23.8. The molecule has 0 heterocycles. The van der Waals surface area contributed by atoms with Gasteiger partial charge in [0.05, 0.1) is 12.2 Å². The monoisotopic (exact) mass is 352 g/mol. The molecule has 1 saturated carbocycles. The van der Waals surface area contributed by atoms with Crippen LogP contribution in [0.25, 0.3) is 0 Å². The predicted molar refractivity (Wildman–Crippen MR) is 102 cm³/mol. The second kappa shape index (κ2) is 7.60. The van der Waals surface area contributed by atoms with Gasteiger partial charge < -0.3 is 15.4 Å². The van der Waals surface area contributed by atoms with Crippen LogP contribution in [0, 0.1) is 6.92 Å². The number of ether oxygens (including phenoxy) is 1. The first-order valence-electron chi connectivity index (χ1n) is 8.92. The Morgan fingerprint density at radius 2 is 1.69 bits per heavy atom. The lowest BCUT2D eigenvalue weighted by Gasteiger charge is -2.17. The maximum absolute atomic E-state index is 12.2. The van der Waals surface area contributed by atoms with E-state index in [9.17, 15) is 9.59 Å². The zero-order chi connectivity index (χ0) is 18.6. The minimum atomic E-state index is -0.364. The Bertz CT molecular complexity index is 778. The van der Waals surface area contributed by atoms with Gasteiger partial charge in [-0.2, -0.15) is 0 Å². The number of carbonyl (C=O) groups excluding carboxylic acids is 2. The second-order valence-corrected chi connectivity index (χ2v) is 6.75. The molecule has 3 rings (SSSR count). The van der Waals surface area contributed by atoms with Crippen molar-refractivity contribution in [2.45, 2.75) is 32.1 Å². The van der Waals surface area contributed by atoms with Gasteiger partial charge in [-0.15, -0.1) is 0 Å². The molecule has 2 N–H and O–H groups in total. The number of urea groups is 1. The normalized spacial score (nSPS) is 14.4. The van der Waals surface area contributed by atoms with Crippen LogP contribution in [0.2, 0.25) is 0 Å². The molecule has 2 aromatic carbocycles. The van der Waals surface area contributed by atoms with E-state index >= 15 is 0 Å². The fourth-order valence-electron chi connectivity index (χ4n) is 2.95. The van der Waals surface area contributed by atoms with Crippen molar-refractivity contribution in [3.63, 3.8) is 0 Å². The Labute approximate surface area is 153 Å².